The van der Waals surface area contributed by atoms with Crippen molar-refractivity contribution in [3.63, 3.8) is 0 Å². The summed E-state index contributed by atoms with van der Waals surface area (Å²) in [5.74, 6) is -0.121. The fraction of sp³-hybridized carbons (Fsp3) is 0.240. The van der Waals surface area contributed by atoms with Gasteiger partial charge in [-0.1, -0.05) is 68.1 Å². The lowest BCUT2D eigenvalue weighted by Gasteiger charge is -2.28. The Bertz CT molecular complexity index is 1140. The fourth-order valence-corrected chi connectivity index (χ4v) is 4.39. The second-order valence-electron chi connectivity index (χ2n) is 8.00. The second-order valence-corrected chi connectivity index (χ2v) is 8.00. The van der Waals surface area contributed by atoms with Crippen LogP contribution in [0.15, 0.2) is 67.3 Å². The molecule has 0 saturated carbocycles. The van der Waals surface area contributed by atoms with Crippen molar-refractivity contribution in [1.82, 2.24) is 0 Å². The van der Waals surface area contributed by atoms with E-state index in [0.717, 1.165) is 6.42 Å². The standard InChI is InChI=1S/C25H24O2/c1-5-22(26)27-25(3,4)15-16(2)20-13-11-19-10-9-17-7-6-8-18-12-14-21(20)24(19)23(17)18/h5-14,16H,1,15H2,2-4H3. The van der Waals surface area contributed by atoms with Crippen LogP contribution in [0.25, 0.3) is 32.3 Å². The van der Waals surface area contributed by atoms with Crippen LogP contribution in [-0.4, -0.2) is 11.6 Å². The van der Waals surface area contributed by atoms with Gasteiger partial charge in [0.15, 0.2) is 0 Å². The Morgan fingerprint density at radius 1 is 1.00 bits per heavy atom. The number of ether oxygens (including phenoxy) is 1. The Morgan fingerprint density at radius 3 is 2.26 bits per heavy atom. The molecule has 27 heavy (non-hydrogen) atoms. The van der Waals surface area contributed by atoms with Crippen molar-refractivity contribution in [3.05, 3.63) is 72.8 Å². The zero-order chi connectivity index (χ0) is 19.2. The van der Waals surface area contributed by atoms with Gasteiger partial charge in [0.25, 0.3) is 0 Å². The van der Waals surface area contributed by atoms with Crippen LogP contribution in [-0.2, 0) is 9.53 Å². The van der Waals surface area contributed by atoms with Crippen molar-refractivity contribution in [1.29, 1.82) is 0 Å². The van der Waals surface area contributed by atoms with E-state index in [2.05, 4.69) is 68.1 Å². The van der Waals surface area contributed by atoms with Crippen molar-refractivity contribution >= 4 is 38.3 Å². The molecule has 2 nitrogen and oxygen atoms in total. The van der Waals surface area contributed by atoms with Crippen molar-refractivity contribution in [2.75, 3.05) is 0 Å². The summed E-state index contributed by atoms with van der Waals surface area (Å²) in [4.78, 5) is 11.6. The zero-order valence-electron chi connectivity index (χ0n) is 16.1. The molecule has 1 unspecified atom stereocenters. The fourth-order valence-electron chi connectivity index (χ4n) is 4.39. The van der Waals surface area contributed by atoms with Crippen LogP contribution in [0.5, 0.6) is 0 Å². The number of hydrogen-bond donors (Lipinski definition) is 0. The molecule has 0 N–H and O–H groups in total. The van der Waals surface area contributed by atoms with Crippen LogP contribution in [0, 0.1) is 0 Å². The maximum Gasteiger partial charge on any atom is 0.330 e. The third kappa shape index (κ3) is 3.06. The highest BCUT2D eigenvalue weighted by Crippen LogP contribution is 2.39. The molecular weight excluding hydrogens is 332 g/mol. The summed E-state index contributed by atoms with van der Waals surface area (Å²) in [7, 11) is 0. The summed E-state index contributed by atoms with van der Waals surface area (Å²) in [6, 6.07) is 19.7. The molecule has 1 atom stereocenters. The lowest BCUT2D eigenvalue weighted by molar-refractivity contribution is -0.150. The average molecular weight is 356 g/mol. The van der Waals surface area contributed by atoms with Gasteiger partial charge in [-0.2, -0.15) is 0 Å². The van der Waals surface area contributed by atoms with Gasteiger partial charge in [0.2, 0.25) is 0 Å². The number of esters is 1. The van der Waals surface area contributed by atoms with Gasteiger partial charge in [0, 0.05) is 6.08 Å². The third-order valence-electron chi connectivity index (χ3n) is 5.43. The van der Waals surface area contributed by atoms with Gasteiger partial charge in [0.05, 0.1) is 0 Å². The number of carbonyl (C=O) groups is 1. The van der Waals surface area contributed by atoms with Gasteiger partial charge < -0.3 is 4.74 Å². The van der Waals surface area contributed by atoms with E-state index in [9.17, 15) is 4.79 Å². The minimum Gasteiger partial charge on any atom is -0.457 e. The molecule has 4 aromatic carbocycles. The zero-order valence-corrected chi connectivity index (χ0v) is 16.1. The molecule has 0 bridgehead atoms. The quantitative estimate of drug-likeness (QED) is 0.229. The van der Waals surface area contributed by atoms with E-state index in [4.69, 9.17) is 4.74 Å². The topological polar surface area (TPSA) is 26.3 Å². The first-order valence-electron chi connectivity index (χ1n) is 9.41. The molecule has 4 aromatic rings. The average Bonchev–Trinajstić information content (AvgIpc) is 2.65. The molecule has 0 fully saturated rings. The smallest absolute Gasteiger partial charge is 0.330 e. The molecular formula is C25H24O2. The van der Waals surface area contributed by atoms with Crippen LogP contribution in [0.1, 0.15) is 38.7 Å². The molecule has 0 aromatic heterocycles. The number of rotatable bonds is 5. The Morgan fingerprint density at radius 2 is 1.59 bits per heavy atom. The number of hydrogen-bond acceptors (Lipinski definition) is 2. The van der Waals surface area contributed by atoms with Gasteiger partial charge in [-0.25, -0.2) is 4.79 Å². The maximum absolute atomic E-state index is 11.6. The highest BCUT2D eigenvalue weighted by Gasteiger charge is 2.26. The predicted molar refractivity (Wildman–Crippen MR) is 114 cm³/mol. The molecule has 0 aliphatic rings. The molecule has 0 amide bonds. The summed E-state index contributed by atoms with van der Waals surface area (Å²) >= 11 is 0. The van der Waals surface area contributed by atoms with E-state index in [1.165, 1.54) is 44.0 Å². The van der Waals surface area contributed by atoms with E-state index in [1.807, 2.05) is 13.8 Å². The molecule has 0 radical (unpaired) electrons. The van der Waals surface area contributed by atoms with Gasteiger partial charge in [-0.15, -0.1) is 0 Å². The SMILES string of the molecule is C=CC(=O)OC(C)(C)CC(C)c1ccc2ccc3cccc4ccc1c2c34. The lowest BCUT2D eigenvalue weighted by Crippen LogP contribution is -2.29. The monoisotopic (exact) mass is 356 g/mol. The van der Waals surface area contributed by atoms with Crippen molar-refractivity contribution in [3.8, 4) is 0 Å². The van der Waals surface area contributed by atoms with Crippen molar-refractivity contribution < 1.29 is 9.53 Å². The Balaban J connectivity index is 1.82. The van der Waals surface area contributed by atoms with Crippen LogP contribution in [0.3, 0.4) is 0 Å². The van der Waals surface area contributed by atoms with E-state index < -0.39 is 5.60 Å². The molecule has 0 spiro atoms. The maximum atomic E-state index is 11.6. The van der Waals surface area contributed by atoms with E-state index in [-0.39, 0.29) is 11.9 Å². The Labute approximate surface area is 159 Å². The van der Waals surface area contributed by atoms with Gasteiger partial charge >= 0.3 is 5.97 Å². The summed E-state index contributed by atoms with van der Waals surface area (Å²) < 4.78 is 5.55. The third-order valence-corrected chi connectivity index (χ3v) is 5.43. The lowest BCUT2D eigenvalue weighted by atomic mass is 9.84. The first-order valence-corrected chi connectivity index (χ1v) is 9.41. The van der Waals surface area contributed by atoms with Crippen LogP contribution in [0.4, 0.5) is 0 Å². The highest BCUT2D eigenvalue weighted by atomic mass is 16.6. The summed E-state index contributed by atoms with van der Waals surface area (Å²) in [5, 5.41) is 7.76. The molecule has 0 aliphatic heterocycles. The van der Waals surface area contributed by atoms with Crippen molar-refractivity contribution in [2.24, 2.45) is 0 Å². The Kier molecular flexibility index (Phi) is 4.15. The van der Waals surface area contributed by atoms with Crippen LogP contribution < -0.4 is 0 Å². The summed E-state index contributed by atoms with van der Waals surface area (Å²) in [6.07, 6.45) is 1.97. The van der Waals surface area contributed by atoms with E-state index in [1.54, 1.807) is 0 Å². The first kappa shape index (κ1) is 17.5. The largest absolute Gasteiger partial charge is 0.457 e. The highest BCUT2D eigenvalue weighted by molar-refractivity contribution is 6.23. The normalized spacial score (nSPS) is 13.3. The summed E-state index contributed by atoms with van der Waals surface area (Å²) in [5.41, 5.74) is 0.748. The molecule has 0 aliphatic carbocycles. The number of carbonyl (C=O) groups excluding carboxylic acids is 1. The van der Waals surface area contributed by atoms with Crippen LogP contribution in [0.2, 0.25) is 0 Å². The minimum absolute atomic E-state index is 0.252. The van der Waals surface area contributed by atoms with Gasteiger partial charge in [0.1, 0.15) is 5.60 Å². The van der Waals surface area contributed by atoms with Gasteiger partial charge in [-0.3, -0.25) is 0 Å². The van der Waals surface area contributed by atoms with Gasteiger partial charge in [-0.05, 0) is 64.1 Å². The van der Waals surface area contributed by atoms with Crippen molar-refractivity contribution in [2.45, 2.75) is 38.7 Å². The molecule has 0 saturated heterocycles. The summed E-state index contributed by atoms with van der Waals surface area (Å²) in [6.45, 7) is 9.62. The number of benzene rings is 4. The van der Waals surface area contributed by atoms with E-state index in [0.29, 0.717) is 0 Å². The van der Waals surface area contributed by atoms with Crippen LogP contribution >= 0.6 is 0 Å². The van der Waals surface area contributed by atoms with E-state index >= 15 is 0 Å². The minimum atomic E-state index is -0.547. The second kappa shape index (κ2) is 6.38. The Hall–Kier alpha value is -2.87. The molecule has 136 valence electrons. The molecule has 4 rings (SSSR count). The molecule has 0 heterocycles. The predicted octanol–water partition coefficient (Wildman–Crippen LogP) is 6.59. The molecule has 2 heteroatoms. The first-order chi connectivity index (χ1) is 12.9.